The van der Waals surface area contributed by atoms with Crippen LogP contribution in [0.5, 0.6) is 0 Å². The molecule has 0 saturated carbocycles. The Bertz CT molecular complexity index is 747. The fraction of sp³-hybridized carbons (Fsp3) is 0.267. The van der Waals surface area contributed by atoms with Crippen LogP contribution in [-0.2, 0) is 19.2 Å². The summed E-state index contributed by atoms with van der Waals surface area (Å²) in [6, 6.07) is 3.66. The zero-order chi connectivity index (χ0) is 18.7. The van der Waals surface area contributed by atoms with Gasteiger partial charge in [0.25, 0.3) is 0 Å². The number of halogens is 2. The van der Waals surface area contributed by atoms with Gasteiger partial charge in [-0.15, -0.1) is 0 Å². The number of hydrogen-bond donors (Lipinski definition) is 1. The Balaban J connectivity index is 2.56. The third-order valence-electron chi connectivity index (χ3n) is 3.49. The molecule has 0 atom stereocenters. The molecule has 0 spiro atoms. The van der Waals surface area contributed by atoms with Gasteiger partial charge in [0.15, 0.2) is 0 Å². The van der Waals surface area contributed by atoms with Crippen molar-refractivity contribution >= 4 is 72.8 Å². The van der Waals surface area contributed by atoms with Crippen molar-refractivity contribution in [2.45, 2.75) is 12.8 Å². The maximum absolute atomic E-state index is 12.0. The summed E-state index contributed by atoms with van der Waals surface area (Å²) < 4.78 is 0. The predicted molar refractivity (Wildman–Crippen MR) is 95.2 cm³/mol. The number of nitrogens with zero attached hydrogens (tertiary/aromatic N) is 2. The van der Waals surface area contributed by atoms with Crippen molar-refractivity contribution in [2.24, 2.45) is 0 Å². The summed E-state index contributed by atoms with van der Waals surface area (Å²) in [6.45, 7) is 0. The molecule has 25 heavy (non-hydrogen) atoms. The van der Waals surface area contributed by atoms with Crippen molar-refractivity contribution in [3.8, 4) is 0 Å². The van der Waals surface area contributed by atoms with E-state index in [1.54, 1.807) is 0 Å². The second kappa shape index (κ2) is 7.87. The van der Waals surface area contributed by atoms with Crippen LogP contribution in [0.2, 0.25) is 0 Å². The molecule has 1 aliphatic heterocycles. The fourth-order valence-corrected chi connectivity index (χ4v) is 2.92. The Morgan fingerprint density at radius 3 is 2.00 bits per heavy atom. The number of rotatable bonds is 5. The Hall–Kier alpha value is -2.07. The first-order valence-corrected chi connectivity index (χ1v) is 9.27. The third-order valence-corrected chi connectivity index (χ3v) is 4.45. The van der Waals surface area contributed by atoms with Gasteiger partial charge in [-0.1, -0.05) is 31.9 Å². The average molecular weight is 476 g/mol. The maximum Gasteiger partial charge on any atom is 0.337 e. The number of anilines is 2. The van der Waals surface area contributed by atoms with Crippen LogP contribution in [0.4, 0.5) is 11.4 Å². The van der Waals surface area contributed by atoms with E-state index in [2.05, 4.69) is 31.9 Å². The molecule has 1 heterocycles. The molecule has 1 aromatic rings. The normalized spacial score (nSPS) is 13.9. The quantitative estimate of drug-likeness (QED) is 0.512. The van der Waals surface area contributed by atoms with E-state index in [1.165, 1.54) is 12.1 Å². The molecule has 1 fully saturated rings. The number of amides is 4. The van der Waals surface area contributed by atoms with Crippen LogP contribution in [0, 0.1) is 0 Å². The van der Waals surface area contributed by atoms with E-state index in [4.69, 9.17) is 0 Å². The summed E-state index contributed by atoms with van der Waals surface area (Å²) in [4.78, 5) is 61.0. The molecule has 1 aliphatic rings. The Kier molecular flexibility index (Phi) is 6.07. The number of alkyl halides is 2. The molecule has 132 valence electrons. The molecule has 4 amide bonds. The molecule has 0 radical (unpaired) electrons. The van der Waals surface area contributed by atoms with Gasteiger partial charge >= 0.3 is 5.97 Å². The van der Waals surface area contributed by atoms with E-state index in [0.29, 0.717) is 0 Å². The smallest absolute Gasteiger partial charge is 0.337 e. The summed E-state index contributed by atoms with van der Waals surface area (Å²) in [6.07, 6.45) is 0.0197. The van der Waals surface area contributed by atoms with Gasteiger partial charge in [-0.2, -0.15) is 0 Å². The minimum Gasteiger partial charge on any atom is -0.478 e. The summed E-state index contributed by atoms with van der Waals surface area (Å²) in [5.41, 5.74) is -0.397. The standard InChI is InChI=1S/C15H12Br2N2O6/c16-6-13(22)18(14(23)7-17)8-1-2-10(9(5-8)15(24)25)19-11(20)3-4-12(19)21/h1-2,5H,3-4,6-7H2,(H,24,25). The second-order valence-electron chi connectivity index (χ2n) is 5.02. The van der Waals surface area contributed by atoms with Gasteiger partial charge in [-0.05, 0) is 18.2 Å². The number of carbonyl (C=O) groups excluding carboxylic acids is 4. The molecule has 0 unspecified atom stereocenters. The maximum atomic E-state index is 12.0. The number of carboxylic acids is 1. The molecule has 8 nitrogen and oxygen atoms in total. The summed E-state index contributed by atoms with van der Waals surface area (Å²) >= 11 is 5.94. The molecule has 0 aliphatic carbocycles. The van der Waals surface area contributed by atoms with Crippen LogP contribution in [0.15, 0.2) is 18.2 Å². The highest BCUT2D eigenvalue weighted by Crippen LogP contribution is 2.30. The lowest BCUT2D eigenvalue weighted by atomic mass is 10.1. The van der Waals surface area contributed by atoms with Crippen molar-refractivity contribution in [1.82, 2.24) is 0 Å². The van der Waals surface area contributed by atoms with E-state index in [0.717, 1.165) is 15.9 Å². The van der Waals surface area contributed by atoms with Crippen LogP contribution in [-0.4, -0.2) is 45.4 Å². The number of carbonyl (C=O) groups is 5. The molecule has 0 aromatic heterocycles. The Labute approximate surface area is 159 Å². The predicted octanol–water partition coefficient (Wildman–Crippen LogP) is 1.69. The molecule has 0 bridgehead atoms. The summed E-state index contributed by atoms with van der Waals surface area (Å²) in [5.74, 6) is -3.54. The van der Waals surface area contributed by atoms with Crippen molar-refractivity contribution in [1.29, 1.82) is 0 Å². The van der Waals surface area contributed by atoms with Crippen LogP contribution < -0.4 is 9.80 Å². The van der Waals surface area contributed by atoms with E-state index < -0.39 is 29.6 Å². The zero-order valence-corrected chi connectivity index (χ0v) is 15.9. The number of aromatic carboxylic acids is 1. The fourth-order valence-electron chi connectivity index (χ4n) is 2.42. The lowest BCUT2D eigenvalue weighted by Crippen LogP contribution is -2.39. The number of carboxylic acid groups (broad SMARTS) is 1. The van der Waals surface area contributed by atoms with E-state index >= 15 is 0 Å². The highest BCUT2D eigenvalue weighted by Gasteiger charge is 2.34. The monoisotopic (exact) mass is 474 g/mol. The average Bonchev–Trinajstić information content (AvgIpc) is 2.93. The first-order chi connectivity index (χ1) is 11.8. The first kappa shape index (κ1) is 19.3. The van der Waals surface area contributed by atoms with Crippen molar-refractivity contribution in [3.05, 3.63) is 23.8 Å². The number of imide groups is 2. The minimum atomic E-state index is -1.39. The highest BCUT2D eigenvalue weighted by atomic mass is 79.9. The van der Waals surface area contributed by atoms with Gasteiger partial charge in [0.05, 0.1) is 27.6 Å². The van der Waals surface area contributed by atoms with Gasteiger partial charge in [0.1, 0.15) is 0 Å². The lowest BCUT2D eigenvalue weighted by molar-refractivity contribution is -0.124. The number of hydrogen-bond acceptors (Lipinski definition) is 5. The van der Waals surface area contributed by atoms with Crippen molar-refractivity contribution < 1.29 is 29.1 Å². The minimum absolute atomic E-state index is 0.00984. The molecule has 10 heteroatoms. The molecule has 1 aromatic carbocycles. The third kappa shape index (κ3) is 3.79. The largest absolute Gasteiger partial charge is 0.478 e. The zero-order valence-electron chi connectivity index (χ0n) is 12.7. The molecular formula is C15H12Br2N2O6. The summed E-state index contributed by atoms with van der Waals surface area (Å²) in [5, 5.41) is 9.16. The summed E-state index contributed by atoms with van der Waals surface area (Å²) in [7, 11) is 0. The van der Waals surface area contributed by atoms with Gasteiger partial charge in [-0.25, -0.2) is 14.6 Å². The van der Waals surface area contributed by atoms with E-state index in [1.807, 2.05) is 0 Å². The van der Waals surface area contributed by atoms with Gasteiger partial charge in [-0.3, -0.25) is 19.2 Å². The van der Waals surface area contributed by atoms with Crippen molar-refractivity contribution in [3.63, 3.8) is 0 Å². The van der Waals surface area contributed by atoms with Crippen LogP contribution >= 0.6 is 31.9 Å². The SMILES string of the molecule is O=C(O)c1cc(N(C(=O)CBr)C(=O)CBr)ccc1N1C(=O)CCC1=O. The topological polar surface area (TPSA) is 112 Å². The van der Waals surface area contributed by atoms with E-state index in [9.17, 15) is 29.1 Å². The molecule has 2 rings (SSSR count). The van der Waals surface area contributed by atoms with Gasteiger partial charge in [0.2, 0.25) is 23.6 Å². The van der Waals surface area contributed by atoms with Crippen molar-refractivity contribution in [2.75, 3.05) is 20.5 Å². The molecule has 1 N–H and O–H groups in total. The van der Waals surface area contributed by atoms with Gasteiger partial charge < -0.3 is 5.11 Å². The van der Waals surface area contributed by atoms with Gasteiger partial charge in [0, 0.05) is 12.8 Å². The second-order valence-corrected chi connectivity index (χ2v) is 6.14. The molecular weight excluding hydrogens is 464 g/mol. The van der Waals surface area contributed by atoms with Crippen LogP contribution in [0.25, 0.3) is 0 Å². The Morgan fingerprint density at radius 1 is 1.04 bits per heavy atom. The van der Waals surface area contributed by atoms with Crippen LogP contribution in [0.1, 0.15) is 23.2 Å². The first-order valence-electron chi connectivity index (χ1n) is 7.02. The molecule has 1 saturated heterocycles. The Morgan fingerprint density at radius 2 is 1.56 bits per heavy atom. The van der Waals surface area contributed by atoms with E-state index in [-0.39, 0.29) is 40.4 Å². The highest BCUT2D eigenvalue weighted by molar-refractivity contribution is 9.09. The lowest BCUT2D eigenvalue weighted by Gasteiger charge is -2.22. The van der Waals surface area contributed by atoms with Crippen LogP contribution in [0.3, 0.4) is 0 Å². The number of benzene rings is 1.